The Bertz CT molecular complexity index is 340. The predicted octanol–water partition coefficient (Wildman–Crippen LogP) is 1.75. The summed E-state index contributed by atoms with van der Waals surface area (Å²) in [5.41, 5.74) is 2.85. The van der Waals surface area contributed by atoms with Gasteiger partial charge in [-0.2, -0.15) is 0 Å². The first kappa shape index (κ1) is 7.42. The minimum absolute atomic E-state index is 0.676. The third kappa shape index (κ3) is 0.929. The lowest BCUT2D eigenvalue weighted by atomic mass is 10.1. The van der Waals surface area contributed by atoms with E-state index in [-0.39, 0.29) is 0 Å². The number of aromatic nitrogens is 2. The predicted molar refractivity (Wildman–Crippen MR) is 52.1 cm³/mol. The van der Waals surface area contributed by atoms with Crippen LogP contribution in [0.3, 0.4) is 0 Å². The van der Waals surface area contributed by atoms with Gasteiger partial charge in [0.1, 0.15) is 0 Å². The molecule has 0 amide bonds. The summed E-state index contributed by atoms with van der Waals surface area (Å²) in [4.78, 5) is 4.66. The summed E-state index contributed by atoms with van der Waals surface area (Å²) in [6.45, 7) is 4.53. The van der Waals surface area contributed by atoms with E-state index in [1.165, 1.54) is 30.7 Å². The Morgan fingerprint density at radius 3 is 3.38 bits per heavy atom. The quantitative estimate of drug-likeness (QED) is 0.654. The highest BCUT2D eigenvalue weighted by Gasteiger charge is 2.27. The second-order valence-corrected chi connectivity index (χ2v) is 4.14. The maximum atomic E-state index is 4.66. The lowest BCUT2D eigenvalue weighted by Crippen LogP contribution is -2.18. The van der Waals surface area contributed by atoms with Crippen molar-refractivity contribution in [2.75, 3.05) is 11.9 Å². The van der Waals surface area contributed by atoms with Gasteiger partial charge in [-0.3, -0.25) is 0 Å². The number of hydrogen-bond acceptors (Lipinski definition) is 2. The van der Waals surface area contributed by atoms with E-state index < -0.39 is 0 Å². The van der Waals surface area contributed by atoms with Gasteiger partial charge < -0.3 is 9.88 Å². The van der Waals surface area contributed by atoms with Crippen molar-refractivity contribution in [2.45, 2.75) is 38.6 Å². The molecule has 70 valence electrons. The molecule has 3 heteroatoms. The topological polar surface area (TPSA) is 29.9 Å². The van der Waals surface area contributed by atoms with Gasteiger partial charge in [0, 0.05) is 24.7 Å². The normalized spacial score (nSPS) is 25.2. The molecule has 1 unspecified atom stereocenters. The summed E-state index contributed by atoms with van der Waals surface area (Å²) in [6.07, 6.45) is 3.76. The van der Waals surface area contributed by atoms with Crippen molar-refractivity contribution in [3.05, 3.63) is 11.4 Å². The van der Waals surface area contributed by atoms with Crippen LogP contribution < -0.4 is 5.32 Å². The first-order valence-electron chi connectivity index (χ1n) is 5.19. The SMILES string of the molecule is CC1CCc2c1nc1n2CCCN1. The molecule has 1 atom stereocenters. The number of nitrogens with zero attached hydrogens (tertiary/aromatic N) is 2. The van der Waals surface area contributed by atoms with Crippen LogP contribution in [0.4, 0.5) is 5.95 Å². The van der Waals surface area contributed by atoms with Gasteiger partial charge in [-0.1, -0.05) is 6.92 Å². The van der Waals surface area contributed by atoms with Gasteiger partial charge >= 0.3 is 0 Å². The molecule has 1 aliphatic heterocycles. The van der Waals surface area contributed by atoms with E-state index in [9.17, 15) is 0 Å². The number of nitrogens with one attached hydrogen (secondary N) is 1. The van der Waals surface area contributed by atoms with Crippen molar-refractivity contribution >= 4 is 5.95 Å². The van der Waals surface area contributed by atoms with Gasteiger partial charge in [0.05, 0.1) is 5.69 Å². The monoisotopic (exact) mass is 177 g/mol. The van der Waals surface area contributed by atoms with Gasteiger partial charge in [-0.25, -0.2) is 4.98 Å². The molecule has 3 nitrogen and oxygen atoms in total. The fraction of sp³-hybridized carbons (Fsp3) is 0.700. The van der Waals surface area contributed by atoms with E-state index >= 15 is 0 Å². The van der Waals surface area contributed by atoms with Gasteiger partial charge in [-0.15, -0.1) is 0 Å². The first-order valence-corrected chi connectivity index (χ1v) is 5.19. The molecule has 0 fully saturated rings. The zero-order valence-corrected chi connectivity index (χ0v) is 8.01. The number of fused-ring (bicyclic) bond motifs is 3. The summed E-state index contributed by atoms with van der Waals surface area (Å²) in [7, 11) is 0. The zero-order valence-electron chi connectivity index (χ0n) is 8.01. The van der Waals surface area contributed by atoms with Crippen LogP contribution in [0, 0.1) is 0 Å². The molecule has 1 N–H and O–H groups in total. The molecule has 1 aliphatic carbocycles. The summed E-state index contributed by atoms with van der Waals surface area (Å²) < 4.78 is 2.38. The van der Waals surface area contributed by atoms with Crippen molar-refractivity contribution in [3.8, 4) is 0 Å². The molecule has 0 spiro atoms. The molecular weight excluding hydrogens is 162 g/mol. The second kappa shape index (κ2) is 2.50. The molecule has 1 aromatic rings. The van der Waals surface area contributed by atoms with Crippen molar-refractivity contribution < 1.29 is 0 Å². The Labute approximate surface area is 78.2 Å². The average Bonchev–Trinajstić information content (AvgIpc) is 2.67. The standard InChI is InChI=1S/C10H15N3/c1-7-3-4-8-9(7)12-10-11-5-2-6-13(8)10/h7H,2-6H2,1H3,(H,11,12). The van der Waals surface area contributed by atoms with Crippen molar-refractivity contribution in [3.63, 3.8) is 0 Å². The van der Waals surface area contributed by atoms with E-state index in [4.69, 9.17) is 0 Å². The lowest BCUT2D eigenvalue weighted by Gasteiger charge is -2.17. The highest BCUT2D eigenvalue weighted by Crippen LogP contribution is 2.35. The Hall–Kier alpha value is -0.990. The van der Waals surface area contributed by atoms with Crippen LogP contribution in [0.2, 0.25) is 0 Å². The largest absolute Gasteiger partial charge is 0.356 e. The highest BCUT2D eigenvalue weighted by molar-refractivity contribution is 5.39. The number of rotatable bonds is 0. The number of anilines is 1. The maximum Gasteiger partial charge on any atom is 0.203 e. The summed E-state index contributed by atoms with van der Waals surface area (Å²) in [5.74, 6) is 1.79. The lowest BCUT2D eigenvalue weighted by molar-refractivity contribution is 0.599. The van der Waals surface area contributed by atoms with Crippen molar-refractivity contribution in [2.24, 2.45) is 0 Å². The minimum Gasteiger partial charge on any atom is -0.356 e. The fourth-order valence-corrected chi connectivity index (χ4v) is 2.47. The van der Waals surface area contributed by atoms with Crippen LogP contribution in [0.25, 0.3) is 0 Å². The van der Waals surface area contributed by atoms with Crippen molar-refractivity contribution in [1.82, 2.24) is 9.55 Å². The third-order valence-electron chi connectivity index (χ3n) is 3.23. The molecule has 0 aromatic carbocycles. The van der Waals surface area contributed by atoms with Crippen molar-refractivity contribution in [1.29, 1.82) is 0 Å². The van der Waals surface area contributed by atoms with E-state index in [2.05, 4.69) is 21.8 Å². The van der Waals surface area contributed by atoms with E-state index in [0.29, 0.717) is 5.92 Å². The average molecular weight is 177 g/mol. The molecule has 3 rings (SSSR count). The van der Waals surface area contributed by atoms with Crippen LogP contribution in [0.5, 0.6) is 0 Å². The van der Waals surface area contributed by atoms with E-state index in [1.54, 1.807) is 0 Å². The molecule has 13 heavy (non-hydrogen) atoms. The van der Waals surface area contributed by atoms with Crippen LogP contribution in [0.1, 0.15) is 37.1 Å². The second-order valence-electron chi connectivity index (χ2n) is 4.14. The molecule has 0 saturated carbocycles. The molecule has 0 saturated heterocycles. The van der Waals surface area contributed by atoms with E-state index in [1.807, 2.05) is 0 Å². The molecule has 2 aliphatic rings. The van der Waals surface area contributed by atoms with Crippen LogP contribution >= 0.6 is 0 Å². The van der Waals surface area contributed by atoms with Crippen LogP contribution in [-0.2, 0) is 13.0 Å². The highest BCUT2D eigenvalue weighted by atomic mass is 15.2. The Kier molecular flexibility index (Phi) is 1.43. The zero-order chi connectivity index (χ0) is 8.84. The molecule has 2 heterocycles. The maximum absolute atomic E-state index is 4.66. The molecule has 1 aromatic heterocycles. The molecule has 0 radical (unpaired) electrons. The Morgan fingerprint density at radius 2 is 2.46 bits per heavy atom. The van der Waals surface area contributed by atoms with Crippen LogP contribution in [-0.4, -0.2) is 16.1 Å². The summed E-state index contributed by atoms with van der Waals surface area (Å²) in [5, 5.41) is 3.36. The molecular formula is C10H15N3. The number of hydrogen-bond donors (Lipinski definition) is 1. The van der Waals surface area contributed by atoms with Gasteiger partial charge in [0.25, 0.3) is 0 Å². The van der Waals surface area contributed by atoms with Gasteiger partial charge in [-0.05, 0) is 19.3 Å². The Balaban J connectivity index is 2.13. The summed E-state index contributed by atoms with van der Waals surface area (Å²) in [6, 6.07) is 0. The van der Waals surface area contributed by atoms with Gasteiger partial charge in [0.15, 0.2) is 0 Å². The van der Waals surface area contributed by atoms with Gasteiger partial charge in [0.2, 0.25) is 5.95 Å². The number of imidazole rings is 1. The molecule has 0 bridgehead atoms. The first-order chi connectivity index (χ1) is 6.36. The fourth-order valence-electron chi connectivity index (χ4n) is 2.47. The minimum atomic E-state index is 0.676. The smallest absolute Gasteiger partial charge is 0.203 e. The third-order valence-corrected chi connectivity index (χ3v) is 3.23. The summed E-state index contributed by atoms with van der Waals surface area (Å²) >= 11 is 0. The van der Waals surface area contributed by atoms with E-state index in [0.717, 1.165) is 19.0 Å². The van der Waals surface area contributed by atoms with Crippen LogP contribution in [0.15, 0.2) is 0 Å². The Morgan fingerprint density at radius 1 is 1.54 bits per heavy atom.